The number of nitrogens with one attached hydrogen (secondary N) is 1. The van der Waals surface area contributed by atoms with Gasteiger partial charge in [-0.3, -0.25) is 0 Å². The maximum atomic E-state index is 6.42. The minimum atomic E-state index is -0.473. The van der Waals surface area contributed by atoms with Crippen LogP contribution in [0, 0.1) is 0 Å². The third-order valence-corrected chi connectivity index (χ3v) is 7.27. The first-order valence-corrected chi connectivity index (χ1v) is 11.5. The fourth-order valence-electron chi connectivity index (χ4n) is 6.03. The number of fused-ring (bicyclic) bond motifs is 6. The van der Waals surface area contributed by atoms with Gasteiger partial charge in [0.05, 0.1) is 5.41 Å². The largest absolute Gasteiger partial charge is 0.457 e. The monoisotopic (exact) mass is 437 g/mol. The molecule has 3 nitrogen and oxygen atoms in total. The molecule has 1 N–H and O–H groups in total. The summed E-state index contributed by atoms with van der Waals surface area (Å²) in [5.41, 5.74) is 8.20. The van der Waals surface area contributed by atoms with Crippen LogP contribution in [0.15, 0.2) is 114 Å². The second-order valence-corrected chi connectivity index (χ2v) is 9.01. The van der Waals surface area contributed by atoms with Crippen molar-refractivity contribution < 1.29 is 9.15 Å². The first-order valence-electron chi connectivity index (χ1n) is 11.5. The Bertz CT molecular complexity index is 1720. The van der Waals surface area contributed by atoms with Crippen LogP contribution < -0.4 is 10.1 Å². The SMILES string of the molecule is c1ccc(Nc2cc3c4c(c2)oc2cccc(c24)C32c3ccccc3Oc3ccccc32)cc1. The van der Waals surface area contributed by atoms with E-state index in [1.165, 1.54) is 21.9 Å². The number of hydrogen-bond donors (Lipinski definition) is 1. The van der Waals surface area contributed by atoms with Gasteiger partial charge in [0.15, 0.2) is 0 Å². The number of para-hydroxylation sites is 3. The van der Waals surface area contributed by atoms with Crippen LogP contribution in [0.3, 0.4) is 0 Å². The maximum absolute atomic E-state index is 6.42. The van der Waals surface area contributed by atoms with Crippen molar-refractivity contribution in [3.63, 3.8) is 0 Å². The Morgan fingerprint density at radius 2 is 1.15 bits per heavy atom. The Balaban J connectivity index is 1.52. The van der Waals surface area contributed by atoms with E-state index in [1.807, 2.05) is 30.3 Å². The zero-order chi connectivity index (χ0) is 22.3. The Morgan fingerprint density at radius 3 is 1.91 bits per heavy atom. The molecule has 0 saturated heterocycles. The topological polar surface area (TPSA) is 34.4 Å². The number of hydrogen-bond acceptors (Lipinski definition) is 3. The van der Waals surface area contributed by atoms with Crippen LogP contribution in [0.1, 0.15) is 22.3 Å². The van der Waals surface area contributed by atoms with Gasteiger partial charge in [0.25, 0.3) is 0 Å². The van der Waals surface area contributed by atoms with Gasteiger partial charge in [-0.25, -0.2) is 0 Å². The summed E-state index contributed by atoms with van der Waals surface area (Å²) in [7, 11) is 0. The van der Waals surface area contributed by atoms with E-state index >= 15 is 0 Å². The summed E-state index contributed by atoms with van der Waals surface area (Å²) in [6.07, 6.45) is 0. The average Bonchev–Trinajstić information content (AvgIpc) is 3.40. The highest BCUT2D eigenvalue weighted by Crippen LogP contribution is 2.62. The number of furan rings is 1. The zero-order valence-corrected chi connectivity index (χ0v) is 18.2. The van der Waals surface area contributed by atoms with Gasteiger partial charge >= 0.3 is 0 Å². The molecule has 2 aliphatic rings. The van der Waals surface area contributed by atoms with E-state index in [-0.39, 0.29) is 0 Å². The third kappa shape index (κ3) is 2.12. The lowest BCUT2D eigenvalue weighted by Crippen LogP contribution is -2.32. The van der Waals surface area contributed by atoms with E-state index in [2.05, 4.69) is 84.2 Å². The Labute approximate surface area is 196 Å². The molecule has 2 heterocycles. The molecule has 1 aliphatic heterocycles. The summed E-state index contributed by atoms with van der Waals surface area (Å²) in [6.45, 7) is 0. The molecular formula is C31H19NO2. The number of anilines is 2. The first-order chi connectivity index (χ1) is 16.8. The smallest absolute Gasteiger partial charge is 0.137 e. The molecule has 0 amide bonds. The second kappa shape index (κ2) is 6.30. The highest BCUT2D eigenvalue weighted by atomic mass is 16.5. The van der Waals surface area contributed by atoms with Gasteiger partial charge in [-0.2, -0.15) is 0 Å². The number of benzene rings is 5. The fraction of sp³-hybridized carbons (Fsp3) is 0.0323. The van der Waals surface area contributed by atoms with E-state index in [9.17, 15) is 0 Å². The molecule has 6 aromatic rings. The van der Waals surface area contributed by atoms with Crippen LogP contribution in [0.4, 0.5) is 11.4 Å². The quantitative estimate of drug-likeness (QED) is 0.296. The van der Waals surface area contributed by atoms with Crippen molar-refractivity contribution >= 4 is 33.3 Å². The summed E-state index contributed by atoms with van der Waals surface area (Å²) in [5.74, 6) is 1.80. The van der Waals surface area contributed by atoms with Crippen molar-refractivity contribution in [2.24, 2.45) is 0 Å². The predicted octanol–water partition coefficient (Wildman–Crippen LogP) is 8.13. The van der Waals surface area contributed by atoms with E-state index in [1.54, 1.807) is 0 Å². The Kier molecular flexibility index (Phi) is 3.33. The van der Waals surface area contributed by atoms with Gasteiger partial charge < -0.3 is 14.5 Å². The van der Waals surface area contributed by atoms with Crippen molar-refractivity contribution in [1.82, 2.24) is 0 Å². The van der Waals surface area contributed by atoms with Gasteiger partial charge in [-0.1, -0.05) is 66.7 Å². The molecular weight excluding hydrogens is 418 g/mol. The van der Waals surface area contributed by atoms with Crippen LogP contribution in [0.25, 0.3) is 21.9 Å². The lowest BCUT2D eigenvalue weighted by Gasteiger charge is -2.39. The molecule has 0 saturated carbocycles. The fourth-order valence-corrected chi connectivity index (χ4v) is 6.03. The van der Waals surface area contributed by atoms with E-state index in [4.69, 9.17) is 9.15 Å². The molecule has 8 rings (SSSR count). The van der Waals surface area contributed by atoms with Crippen molar-refractivity contribution in [3.8, 4) is 11.5 Å². The standard InChI is InChI=1S/C31H19NO2/c1-2-9-19(10-3-1)32-20-17-24-30-28(18-20)34-27-16-8-13-23(29(27)30)31(24)21-11-4-6-14-25(21)33-26-15-7-5-12-22(26)31/h1-18,32H. The minimum Gasteiger partial charge on any atom is -0.457 e. The second-order valence-electron chi connectivity index (χ2n) is 9.01. The lowest BCUT2D eigenvalue weighted by atomic mass is 9.65. The highest BCUT2D eigenvalue weighted by molar-refractivity contribution is 6.15. The lowest BCUT2D eigenvalue weighted by molar-refractivity contribution is 0.436. The van der Waals surface area contributed by atoms with Crippen molar-refractivity contribution in [3.05, 3.63) is 131 Å². The Hall–Kier alpha value is -4.50. The Morgan fingerprint density at radius 1 is 0.500 bits per heavy atom. The third-order valence-electron chi connectivity index (χ3n) is 7.27. The zero-order valence-electron chi connectivity index (χ0n) is 18.2. The molecule has 0 atom stereocenters. The van der Waals surface area contributed by atoms with Crippen molar-refractivity contribution in [2.75, 3.05) is 5.32 Å². The molecule has 3 heteroatoms. The van der Waals surface area contributed by atoms with E-state index < -0.39 is 5.41 Å². The molecule has 1 aromatic heterocycles. The van der Waals surface area contributed by atoms with Crippen molar-refractivity contribution in [2.45, 2.75) is 5.41 Å². The molecule has 5 aromatic carbocycles. The minimum absolute atomic E-state index is 0.473. The number of rotatable bonds is 2. The summed E-state index contributed by atoms with van der Waals surface area (Å²) < 4.78 is 12.8. The molecule has 0 unspecified atom stereocenters. The summed E-state index contributed by atoms with van der Waals surface area (Å²) in [4.78, 5) is 0. The van der Waals surface area contributed by atoms with E-state index in [0.29, 0.717) is 0 Å². The van der Waals surface area contributed by atoms with Crippen molar-refractivity contribution in [1.29, 1.82) is 0 Å². The summed E-state index contributed by atoms with van der Waals surface area (Å²) in [5, 5.41) is 5.99. The van der Waals surface area contributed by atoms with E-state index in [0.717, 1.165) is 45.2 Å². The van der Waals surface area contributed by atoms with Gasteiger partial charge in [-0.15, -0.1) is 0 Å². The van der Waals surface area contributed by atoms with Gasteiger partial charge in [0.2, 0.25) is 0 Å². The van der Waals surface area contributed by atoms with Crippen LogP contribution in [0.2, 0.25) is 0 Å². The normalized spacial score (nSPS) is 14.4. The van der Waals surface area contributed by atoms with Crippen LogP contribution >= 0.6 is 0 Å². The molecule has 1 aliphatic carbocycles. The van der Waals surface area contributed by atoms with Crippen LogP contribution in [-0.2, 0) is 5.41 Å². The molecule has 0 radical (unpaired) electrons. The molecule has 34 heavy (non-hydrogen) atoms. The highest BCUT2D eigenvalue weighted by Gasteiger charge is 2.51. The molecule has 1 spiro atoms. The van der Waals surface area contributed by atoms with Gasteiger partial charge in [0, 0.05) is 39.3 Å². The summed E-state index contributed by atoms with van der Waals surface area (Å²) in [6, 6.07) is 38.0. The predicted molar refractivity (Wildman–Crippen MR) is 135 cm³/mol. The molecule has 160 valence electrons. The number of ether oxygens (including phenoxy) is 1. The average molecular weight is 437 g/mol. The first kappa shape index (κ1) is 18.0. The van der Waals surface area contributed by atoms with Gasteiger partial charge in [0.1, 0.15) is 22.7 Å². The molecule has 0 bridgehead atoms. The van der Waals surface area contributed by atoms with Gasteiger partial charge in [-0.05, 0) is 47.5 Å². The molecule has 0 fully saturated rings. The maximum Gasteiger partial charge on any atom is 0.137 e. The summed E-state index contributed by atoms with van der Waals surface area (Å²) >= 11 is 0. The van der Waals surface area contributed by atoms with Crippen LogP contribution in [-0.4, -0.2) is 0 Å². The van der Waals surface area contributed by atoms with Crippen LogP contribution in [0.5, 0.6) is 11.5 Å².